The topological polar surface area (TPSA) is 413 Å². The van der Waals surface area contributed by atoms with E-state index in [0.29, 0.717) is 0 Å². The van der Waals surface area contributed by atoms with Gasteiger partial charge in [-0.15, -0.1) is 0 Å². The molecular formula is C44H75Br2N14O14S2-. The van der Waals surface area contributed by atoms with Crippen LogP contribution in [0.3, 0.4) is 0 Å². The van der Waals surface area contributed by atoms with Crippen LogP contribution in [0.25, 0.3) is 41.8 Å². The van der Waals surface area contributed by atoms with Crippen LogP contribution in [0.2, 0.25) is 0 Å². The number of hydrogen-bond acceptors (Lipinski definition) is 21. The molecule has 0 bridgehead atoms. The van der Waals surface area contributed by atoms with Gasteiger partial charge >= 0.3 is 29.8 Å². The van der Waals surface area contributed by atoms with E-state index in [1.807, 2.05) is 41.5 Å². The van der Waals surface area contributed by atoms with E-state index < -0.39 is 76.5 Å². The van der Waals surface area contributed by atoms with Gasteiger partial charge in [0.1, 0.15) is 60.0 Å². The van der Waals surface area contributed by atoms with E-state index in [0.717, 1.165) is 11.8 Å². The first-order valence-electron chi connectivity index (χ1n) is 23.1. The number of nitrogens with zero attached hydrogens (tertiary/aromatic N) is 12. The monoisotopic (exact) mass is 1250 g/mol. The second-order valence-electron chi connectivity index (χ2n) is 17.9. The zero-order chi connectivity index (χ0) is 55.3. The van der Waals surface area contributed by atoms with Crippen molar-refractivity contribution in [3.63, 3.8) is 0 Å². The number of nitrogens with one attached hydrogen (secondary N) is 1. The van der Waals surface area contributed by atoms with Crippen molar-refractivity contribution in [2.45, 2.75) is 174 Å². The van der Waals surface area contributed by atoms with Gasteiger partial charge in [-0.05, 0) is 39.9 Å². The molecule has 4 aliphatic rings. The van der Waals surface area contributed by atoms with Crippen LogP contribution in [-0.2, 0) is 66.6 Å². The van der Waals surface area contributed by atoms with E-state index in [2.05, 4.69) is 56.0 Å². The van der Waals surface area contributed by atoms with Crippen molar-refractivity contribution < 1.29 is 83.6 Å². The molecule has 9 unspecified atom stereocenters. The Hall–Kier alpha value is -4.44. The van der Waals surface area contributed by atoms with Gasteiger partial charge in [0.2, 0.25) is 0 Å². The van der Waals surface area contributed by atoms with Crippen LogP contribution in [0, 0.1) is 46.8 Å². The van der Waals surface area contributed by atoms with Crippen LogP contribution >= 0.6 is 39.5 Å². The van der Waals surface area contributed by atoms with E-state index >= 15 is 0 Å². The molecule has 0 saturated carbocycles. The number of alkyl halides is 1. The molecule has 28 nitrogen and oxygen atoms in total. The van der Waals surface area contributed by atoms with Crippen molar-refractivity contribution in [3.05, 3.63) is 41.8 Å². The van der Waals surface area contributed by atoms with Gasteiger partial charge in [-0.1, -0.05) is 123 Å². The minimum atomic E-state index is -0.970. The Morgan fingerprint density at radius 3 is 1.17 bits per heavy atom. The number of esters is 5. The van der Waals surface area contributed by atoms with Gasteiger partial charge in [-0.2, -0.15) is 0 Å². The lowest BCUT2D eigenvalue weighted by atomic mass is 9.85. The molecule has 4 aliphatic heterocycles. The first kappa shape index (κ1) is 73.6. The molecule has 0 spiro atoms. The molecule has 3 N–H and O–H groups in total. The van der Waals surface area contributed by atoms with Gasteiger partial charge in [0, 0.05) is 96.1 Å². The number of carbonyl (C=O) groups excluding carboxylic acids is 5. The highest BCUT2D eigenvalue weighted by Gasteiger charge is 2.50. The summed E-state index contributed by atoms with van der Waals surface area (Å²) in [6.45, 7) is 19.7. The van der Waals surface area contributed by atoms with E-state index in [9.17, 15) is 29.5 Å². The molecule has 0 aromatic heterocycles. The molecule has 0 aromatic carbocycles. The fraction of sp³-hybridized carbons (Fsp3) is 0.864. The highest BCUT2D eigenvalue weighted by atomic mass is 79.9. The number of rotatable bonds is 16. The number of azide groups is 4. The summed E-state index contributed by atoms with van der Waals surface area (Å²) in [5.41, 5.74) is 39.3. The van der Waals surface area contributed by atoms with Gasteiger partial charge in [-0.25, -0.2) is 0 Å². The van der Waals surface area contributed by atoms with Crippen LogP contribution in [0.5, 0.6) is 0 Å². The fourth-order valence-corrected chi connectivity index (χ4v) is 11.4. The summed E-state index contributed by atoms with van der Waals surface area (Å²) in [6, 6.07) is -1.72. The number of nitrogens with two attached hydrogens (primary N) is 1. The Bertz CT molecular complexity index is 2110. The number of halogens is 2. The molecule has 0 aromatic rings. The third-order valence-corrected chi connectivity index (χ3v) is 16.2. The maximum Gasteiger partial charge on any atom is 0.303 e. The number of thioether (sulfide) groups is 2. The second-order valence-corrected chi connectivity index (χ2v) is 21.1. The summed E-state index contributed by atoms with van der Waals surface area (Å²) in [7, 11) is 0. The Morgan fingerprint density at radius 1 is 0.513 bits per heavy atom. The minimum absolute atomic E-state index is 0. The normalized spacial score (nSPS) is 34.0. The van der Waals surface area contributed by atoms with Gasteiger partial charge in [-0.3, -0.25) is 29.4 Å². The largest absolute Gasteiger partial charge is 1.00 e. The zero-order valence-electron chi connectivity index (χ0n) is 43.1. The van der Waals surface area contributed by atoms with E-state index in [1.54, 1.807) is 6.92 Å². The molecular weight excluding hydrogens is 1170 g/mol. The summed E-state index contributed by atoms with van der Waals surface area (Å²) in [5, 5.41) is 22.5. The van der Waals surface area contributed by atoms with Crippen molar-refractivity contribution in [1.29, 1.82) is 5.41 Å². The molecule has 76 heavy (non-hydrogen) atoms. The lowest BCUT2D eigenvalue weighted by molar-refractivity contribution is -0.183. The van der Waals surface area contributed by atoms with E-state index in [-0.39, 0.29) is 134 Å². The predicted molar refractivity (Wildman–Crippen MR) is 282 cm³/mol. The molecule has 0 amide bonds. The SMILES string of the molecule is C.C.CC(=O)OCC1O[C@@H](SC(=N)N)C(C)[C@@H](N=[N+]=[N-])[C@H]1C.CC(=O)OCC1O[C@@H](S[C@@H]2OC(COC(C)=O)[C@H](C)[C@H](N=[N+]=[N-])C2C)C(C)C(N=[N+]=[N-])[C@H]1OC(C)=O.CC(=O)OCC1O[C@H](Br)C(C)[C@@H](N=[N+]=[N-])[C@H]1C.[Br-]. The number of amidine groups is 1. The molecule has 4 saturated heterocycles. The van der Waals surface area contributed by atoms with Crippen LogP contribution in [0.4, 0.5) is 0 Å². The average Bonchev–Trinajstić information content (AvgIpc) is 3.31. The Labute approximate surface area is 470 Å². The third-order valence-electron chi connectivity index (χ3n) is 12.5. The van der Waals surface area contributed by atoms with E-state index in [1.165, 1.54) is 46.4 Å². The van der Waals surface area contributed by atoms with Gasteiger partial charge in [0.05, 0.1) is 24.4 Å². The standard InChI is InChI=1S/C21H32N6O8S.C11H19N5O3S.C10H16BrN3O3.2CH4.BrH/c1-9-15(7-31-12(4)28)34-20(10(2)17(9)24-26-22)36-21-11(3)18(25-27-23)19(33-14(6)30)16(35-21)8-32-13(5)29;1-5-8(4-18-7(3)17)19-10(20-11(12)13)6(2)9(5)15-16-14;1-5-8(4-16-7(3)15)17-10(11)6(2)9(5)13-14-12;;;/h9-11,15-21H,7-8H2,1-6H3;5-6,8-10H,4H2,1-3H3,(H3,12,13);5-6,8-10H,4H2,1-3H3;2*1H4;1H/p-1/t9-,10?,11?,15?,16?,17-,18?,19-,20-,21-;2*5-,6?,8?,9-,10-;;;/m000.../s1. The number of ether oxygens (including phenoxy) is 9. The molecule has 0 aliphatic carbocycles. The Morgan fingerprint density at radius 2 is 0.816 bits per heavy atom. The quantitative estimate of drug-likeness (QED) is 0.0252. The summed E-state index contributed by atoms with van der Waals surface area (Å²) in [5.74, 6) is -3.36. The van der Waals surface area contributed by atoms with Gasteiger partial charge < -0.3 is 65.3 Å². The molecule has 32 heteroatoms. The maximum atomic E-state index is 11.7. The zero-order valence-corrected chi connectivity index (χ0v) is 47.9. The highest BCUT2D eigenvalue weighted by molar-refractivity contribution is 9.09. The van der Waals surface area contributed by atoms with E-state index in [4.69, 9.17) is 70.4 Å². The molecule has 4 heterocycles. The van der Waals surface area contributed by atoms with Crippen molar-refractivity contribution in [2.24, 2.45) is 67.6 Å². The van der Waals surface area contributed by atoms with Crippen LogP contribution in [0.1, 0.15) is 97.9 Å². The minimum Gasteiger partial charge on any atom is -1.00 e. The van der Waals surface area contributed by atoms with Crippen molar-refractivity contribution in [1.82, 2.24) is 0 Å². The van der Waals surface area contributed by atoms with Crippen molar-refractivity contribution in [2.75, 3.05) is 26.4 Å². The summed E-state index contributed by atoms with van der Waals surface area (Å²) in [4.78, 5) is 67.9. The molecule has 432 valence electrons. The van der Waals surface area contributed by atoms with Gasteiger partial charge in [0.15, 0.2) is 5.17 Å². The molecule has 4 rings (SSSR count). The Kier molecular flexibility index (Phi) is 35.5. The second kappa shape index (κ2) is 36.6. The maximum absolute atomic E-state index is 11.7. The first-order valence-corrected chi connectivity index (χ1v) is 25.9. The summed E-state index contributed by atoms with van der Waals surface area (Å²) in [6.07, 6.45) is -3.04. The smallest absolute Gasteiger partial charge is 0.303 e. The molecule has 0 radical (unpaired) electrons. The lowest BCUT2D eigenvalue weighted by Gasteiger charge is -2.47. The fourth-order valence-electron chi connectivity index (χ4n) is 8.47. The Balaban J connectivity index is 0. The van der Waals surface area contributed by atoms with Crippen molar-refractivity contribution >= 4 is 74.5 Å². The number of hydrogen-bond donors (Lipinski definition) is 2. The van der Waals surface area contributed by atoms with Crippen LogP contribution < -0.4 is 22.7 Å². The van der Waals surface area contributed by atoms with Gasteiger partial charge in [0.25, 0.3) is 0 Å². The number of carbonyl (C=O) groups is 5. The molecule has 20 atom stereocenters. The predicted octanol–water partition coefficient (Wildman–Crippen LogP) is 6.24. The highest BCUT2D eigenvalue weighted by Crippen LogP contribution is 2.45. The third kappa shape index (κ3) is 22.9. The first-order chi connectivity index (χ1) is 34.3. The van der Waals surface area contributed by atoms with Crippen LogP contribution in [0.15, 0.2) is 20.5 Å². The summed E-state index contributed by atoms with van der Waals surface area (Å²) < 4.78 is 49.6. The van der Waals surface area contributed by atoms with Crippen LogP contribution in [-0.4, -0.2) is 137 Å². The molecule has 4 fully saturated rings. The lowest BCUT2D eigenvalue weighted by Crippen LogP contribution is -3.00. The van der Waals surface area contributed by atoms with Crippen molar-refractivity contribution in [3.8, 4) is 0 Å². The summed E-state index contributed by atoms with van der Waals surface area (Å²) >= 11 is 5.74. The average molecular weight is 1250 g/mol.